The van der Waals surface area contributed by atoms with Gasteiger partial charge in [0.1, 0.15) is 0 Å². The van der Waals surface area contributed by atoms with E-state index in [1.54, 1.807) is 0 Å². The molecule has 0 aliphatic rings. The molecule has 1 aromatic carbocycles. The van der Waals surface area contributed by atoms with Crippen LogP contribution in [-0.4, -0.2) is 0 Å². The largest absolute Gasteiger partial charge is 0.323 e. The van der Waals surface area contributed by atoms with Gasteiger partial charge in [0.15, 0.2) is 0 Å². The molecule has 0 amide bonds. The van der Waals surface area contributed by atoms with Gasteiger partial charge in [-0.05, 0) is 23.0 Å². The van der Waals surface area contributed by atoms with Gasteiger partial charge in [-0.3, -0.25) is 0 Å². The van der Waals surface area contributed by atoms with Gasteiger partial charge in [0.25, 0.3) is 0 Å². The van der Waals surface area contributed by atoms with Crippen LogP contribution in [0.1, 0.15) is 37.1 Å². The summed E-state index contributed by atoms with van der Waals surface area (Å²) in [5.41, 5.74) is 14.6. The van der Waals surface area contributed by atoms with Gasteiger partial charge in [-0.2, -0.15) is 0 Å². The molecular weight excluding hydrogens is 220 g/mol. The number of benzene rings is 1. The minimum atomic E-state index is -0.0336. The van der Waals surface area contributed by atoms with E-state index in [1.165, 1.54) is 0 Å². The third kappa shape index (κ3) is 3.31. The third-order valence-electron chi connectivity index (χ3n) is 3.56. The van der Waals surface area contributed by atoms with Gasteiger partial charge in [-0.1, -0.05) is 50.3 Å². The lowest BCUT2D eigenvalue weighted by molar-refractivity contribution is 0.553. The van der Waals surface area contributed by atoms with Crippen LogP contribution in [0.15, 0.2) is 49.6 Å². The number of hydrogen-bond acceptors (Lipinski definition) is 2. The van der Waals surface area contributed by atoms with Crippen LogP contribution in [0, 0.1) is 11.8 Å². The van der Waals surface area contributed by atoms with Gasteiger partial charge in [0, 0.05) is 12.1 Å². The summed E-state index contributed by atoms with van der Waals surface area (Å²) in [6, 6.07) is 8.12. The molecule has 2 nitrogen and oxygen atoms in total. The van der Waals surface area contributed by atoms with Gasteiger partial charge < -0.3 is 11.5 Å². The smallest absolute Gasteiger partial charge is 0.0355 e. The molecule has 0 spiro atoms. The molecule has 4 N–H and O–H groups in total. The van der Waals surface area contributed by atoms with E-state index in [0.29, 0.717) is 0 Å². The maximum Gasteiger partial charge on any atom is 0.0355 e. The lowest BCUT2D eigenvalue weighted by atomic mass is 9.90. The van der Waals surface area contributed by atoms with Crippen molar-refractivity contribution >= 4 is 0 Å². The van der Waals surface area contributed by atoms with Crippen molar-refractivity contribution < 1.29 is 0 Å². The molecule has 0 aliphatic carbocycles. The summed E-state index contributed by atoms with van der Waals surface area (Å²) < 4.78 is 0. The number of hydrogen-bond donors (Lipinski definition) is 2. The molecule has 0 saturated carbocycles. The Balaban J connectivity index is 2.98. The van der Waals surface area contributed by atoms with E-state index in [1.807, 2.05) is 30.4 Å². The molecule has 0 aromatic heterocycles. The number of nitrogens with two attached hydrogens (primary N) is 2. The Morgan fingerprint density at radius 2 is 1.33 bits per heavy atom. The Kier molecular flexibility index (Phi) is 5.32. The fourth-order valence-corrected chi connectivity index (χ4v) is 1.87. The Hall–Kier alpha value is -1.38. The molecule has 4 atom stereocenters. The van der Waals surface area contributed by atoms with Crippen molar-refractivity contribution in [1.29, 1.82) is 0 Å². The van der Waals surface area contributed by atoms with Crippen molar-refractivity contribution in [3.05, 3.63) is 60.7 Å². The van der Waals surface area contributed by atoms with E-state index >= 15 is 0 Å². The zero-order chi connectivity index (χ0) is 13.7. The van der Waals surface area contributed by atoms with Gasteiger partial charge in [-0.15, -0.1) is 13.2 Å². The second-order valence-corrected chi connectivity index (χ2v) is 4.91. The van der Waals surface area contributed by atoms with Crippen LogP contribution in [0.2, 0.25) is 0 Å². The van der Waals surface area contributed by atoms with Crippen molar-refractivity contribution in [2.75, 3.05) is 0 Å². The van der Waals surface area contributed by atoms with Gasteiger partial charge >= 0.3 is 0 Å². The summed E-state index contributed by atoms with van der Waals surface area (Å²) in [6.07, 6.45) is 3.76. The predicted octanol–water partition coefficient (Wildman–Crippen LogP) is 3.33. The molecule has 4 unspecified atom stereocenters. The fourth-order valence-electron chi connectivity index (χ4n) is 1.87. The third-order valence-corrected chi connectivity index (χ3v) is 3.56. The van der Waals surface area contributed by atoms with E-state index in [9.17, 15) is 0 Å². The van der Waals surface area contributed by atoms with Crippen LogP contribution in [0.5, 0.6) is 0 Å². The van der Waals surface area contributed by atoms with Crippen molar-refractivity contribution in [2.45, 2.75) is 25.9 Å². The second-order valence-electron chi connectivity index (χ2n) is 4.91. The Morgan fingerprint density at radius 1 is 0.944 bits per heavy atom. The van der Waals surface area contributed by atoms with Gasteiger partial charge in [0.2, 0.25) is 0 Å². The van der Waals surface area contributed by atoms with E-state index in [-0.39, 0.29) is 23.9 Å². The molecule has 2 heteroatoms. The first-order chi connectivity index (χ1) is 8.51. The quantitative estimate of drug-likeness (QED) is 0.754. The van der Waals surface area contributed by atoms with Crippen LogP contribution in [-0.2, 0) is 0 Å². The molecule has 0 fully saturated rings. The minimum Gasteiger partial charge on any atom is -0.323 e. The highest BCUT2D eigenvalue weighted by Gasteiger charge is 2.16. The predicted molar refractivity (Wildman–Crippen MR) is 79.0 cm³/mol. The van der Waals surface area contributed by atoms with Crippen molar-refractivity contribution in [2.24, 2.45) is 23.3 Å². The van der Waals surface area contributed by atoms with E-state index in [2.05, 4.69) is 33.1 Å². The Labute approximate surface area is 110 Å². The first-order valence-corrected chi connectivity index (χ1v) is 6.37. The van der Waals surface area contributed by atoms with Crippen LogP contribution in [0.25, 0.3) is 0 Å². The van der Waals surface area contributed by atoms with Crippen LogP contribution < -0.4 is 11.5 Å². The van der Waals surface area contributed by atoms with E-state index in [0.717, 1.165) is 11.1 Å². The molecule has 0 heterocycles. The summed E-state index contributed by atoms with van der Waals surface area (Å²) in [6.45, 7) is 11.7. The molecule has 0 radical (unpaired) electrons. The lowest BCUT2D eigenvalue weighted by Gasteiger charge is -2.21. The zero-order valence-corrected chi connectivity index (χ0v) is 11.3. The maximum atomic E-state index is 6.19. The minimum absolute atomic E-state index is 0.0336. The molecule has 18 heavy (non-hydrogen) atoms. The molecule has 0 aliphatic heterocycles. The molecule has 98 valence electrons. The summed E-state index contributed by atoms with van der Waals surface area (Å²) >= 11 is 0. The molecular formula is C16H24N2. The first-order valence-electron chi connectivity index (χ1n) is 6.37. The first kappa shape index (κ1) is 14.7. The molecule has 1 rings (SSSR count). The highest BCUT2D eigenvalue weighted by atomic mass is 14.7. The summed E-state index contributed by atoms with van der Waals surface area (Å²) in [5.74, 6) is 0.488. The number of rotatable bonds is 6. The van der Waals surface area contributed by atoms with Crippen LogP contribution >= 0.6 is 0 Å². The average Bonchev–Trinajstić information content (AvgIpc) is 2.43. The van der Waals surface area contributed by atoms with Crippen LogP contribution in [0.4, 0.5) is 0 Å². The topological polar surface area (TPSA) is 52.0 Å². The lowest BCUT2D eigenvalue weighted by Crippen LogP contribution is -2.20. The van der Waals surface area contributed by atoms with Crippen molar-refractivity contribution in [3.8, 4) is 0 Å². The maximum absolute atomic E-state index is 6.19. The van der Waals surface area contributed by atoms with Gasteiger partial charge in [-0.25, -0.2) is 0 Å². The van der Waals surface area contributed by atoms with Crippen molar-refractivity contribution in [1.82, 2.24) is 0 Å². The van der Waals surface area contributed by atoms with Crippen LogP contribution in [0.3, 0.4) is 0 Å². The normalized spacial score (nSPS) is 17.6. The molecule has 1 aromatic rings. The Bertz CT molecular complexity index is 376. The van der Waals surface area contributed by atoms with E-state index < -0.39 is 0 Å². The average molecular weight is 244 g/mol. The highest BCUT2D eigenvalue weighted by molar-refractivity contribution is 5.29. The highest BCUT2D eigenvalue weighted by Crippen LogP contribution is 2.25. The van der Waals surface area contributed by atoms with Gasteiger partial charge in [0.05, 0.1) is 0 Å². The van der Waals surface area contributed by atoms with E-state index in [4.69, 9.17) is 11.5 Å². The SMILES string of the molecule is C=CC(C)C(N)c1cccc(C(N)C(C)C=C)c1. The standard InChI is InChI=1S/C16H24N2/c1-5-11(3)15(17)13-8-7-9-14(10-13)16(18)12(4)6-2/h5-12,15-16H,1-2,17-18H2,3-4H3. The summed E-state index contributed by atoms with van der Waals surface area (Å²) in [5, 5.41) is 0. The zero-order valence-electron chi connectivity index (χ0n) is 11.3. The van der Waals surface area contributed by atoms with Crippen molar-refractivity contribution in [3.63, 3.8) is 0 Å². The molecule has 0 bridgehead atoms. The Morgan fingerprint density at radius 3 is 1.67 bits per heavy atom. The summed E-state index contributed by atoms with van der Waals surface area (Å²) in [4.78, 5) is 0. The fraction of sp³-hybridized carbons (Fsp3) is 0.375. The monoisotopic (exact) mass is 244 g/mol. The molecule has 0 saturated heterocycles. The summed E-state index contributed by atoms with van der Waals surface area (Å²) in [7, 11) is 0. The second kappa shape index (κ2) is 6.53.